The molecule has 4 rings (SSSR count). The molecule has 0 bridgehead atoms. The van der Waals surface area contributed by atoms with Crippen LogP contribution in [0.1, 0.15) is 12.8 Å². The van der Waals surface area contributed by atoms with E-state index in [9.17, 15) is 13.2 Å². The molecular formula is C23H28N4O3S2. The van der Waals surface area contributed by atoms with E-state index in [2.05, 4.69) is 0 Å². The number of rotatable bonds is 7. The van der Waals surface area contributed by atoms with E-state index in [0.29, 0.717) is 37.6 Å². The second kappa shape index (κ2) is 9.66. The molecule has 1 amide bonds. The molecule has 1 saturated heterocycles. The van der Waals surface area contributed by atoms with Crippen molar-refractivity contribution in [2.24, 2.45) is 5.92 Å². The van der Waals surface area contributed by atoms with Crippen molar-refractivity contribution in [3.63, 3.8) is 0 Å². The Kier molecular flexibility index (Phi) is 6.90. The first-order chi connectivity index (χ1) is 15.4. The van der Waals surface area contributed by atoms with Crippen LogP contribution in [-0.4, -0.2) is 68.8 Å². The fraction of sp³-hybridized carbons (Fsp3) is 0.391. The highest BCUT2D eigenvalue weighted by molar-refractivity contribution is 7.89. The zero-order valence-electron chi connectivity index (χ0n) is 18.3. The molecule has 1 aromatic heterocycles. The third-order valence-corrected chi connectivity index (χ3v) is 8.60. The van der Waals surface area contributed by atoms with Crippen molar-refractivity contribution in [1.29, 1.82) is 0 Å². The Balaban J connectivity index is 1.58. The summed E-state index contributed by atoms with van der Waals surface area (Å²) in [4.78, 5) is 22.4. The molecule has 0 aliphatic carbocycles. The Labute approximate surface area is 193 Å². The number of amides is 1. The molecule has 9 heteroatoms. The van der Waals surface area contributed by atoms with E-state index in [1.165, 1.54) is 15.6 Å². The Hall–Kier alpha value is -2.33. The molecule has 1 aliphatic heterocycles. The summed E-state index contributed by atoms with van der Waals surface area (Å²) in [5, 5.41) is 0.668. The number of piperidine rings is 1. The molecule has 0 radical (unpaired) electrons. The first kappa shape index (κ1) is 22.8. The molecule has 7 nitrogen and oxygen atoms in total. The van der Waals surface area contributed by atoms with Crippen molar-refractivity contribution in [3.8, 4) is 0 Å². The van der Waals surface area contributed by atoms with E-state index in [1.807, 2.05) is 43.3 Å². The number of anilines is 1. The van der Waals surface area contributed by atoms with Gasteiger partial charge in [-0.05, 0) is 51.2 Å². The topological polar surface area (TPSA) is 73.8 Å². The maximum Gasteiger partial charge on any atom is 0.243 e. The van der Waals surface area contributed by atoms with Gasteiger partial charge in [-0.2, -0.15) is 4.31 Å². The van der Waals surface area contributed by atoms with Gasteiger partial charge >= 0.3 is 0 Å². The fourth-order valence-corrected chi connectivity index (χ4v) is 6.44. The maximum absolute atomic E-state index is 13.6. The van der Waals surface area contributed by atoms with Crippen molar-refractivity contribution < 1.29 is 13.2 Å². The monoisotopic (exact) mass is 472 g/mol. The predicted octanol–water partition coefficient (Wildman–Crippen LogP) is 3.29. The Morgan fingerprint density at radius 3 is 2.53 bits per heavy atom. The summed E-state index contributed by atoms with van der Waals surface area (Å²) in [7, 11) is 0.312. The Morgan fingerprint density at radius 1 is 1.09 bits per heavy atom. The van der Waals surface area contributed by atoms with Crippen LogP contribution in [-0.2, 0) is 14.8 Å². The summed E-state index contributed by atoms with van der Waals surface area (Å²) in [6, 6.07) is 16.3. The standard InChI is InChI=1S/C23H28N4O3S2/c1-25(2)15-16-27(23-24-20-12-6-7-13-21(20)31-23)22(28)18-9-8-14-26(17-18)32(29,30)19-10-4-3-5-11-19/h3-7,10-13,18H,8-9,14-17H2,1-2H3. The number of fused-ring (bicyclic) bond motifs is 1. The predicted molar refractivity (Wildman–Crippen MR) is 128 cm³/mol. The van der Waals surface area contributed by atoms with Crippen LogP contribution >= 0.6 is 11.3 Å². The van der Waals surface area contributed by atoms with Gasteiger partial charge in [0.15, 0.2) is 5.13 Å². The number of sulfonamides is 1. The number of nitrogens with zero attached hydrogens (tertiary/aromatic N) is 4. The van der Waals surface area contributed by atoms with Crippen molar-refractivity contribution >= 4 is 42.6 Å². The molecule has 3 aromatic rings. The minimum atomic E-state index is -3.62. The molecule has 2 heterocycles. The molecule has 1 unspecified atom stereocenters. The number of carbonyl (C=O) groups is 1. The van der Waals surface area contributed by atoms with Crippen molar-refractivity contribution in [3.05, 3.63) is 54.6 Å². The van der Waals surface area contributed by atoms with Crippen LogP contribution in [0.3, 0.4) is 0 Å². The first-order valence-corrected chi connectivity index (χ1v) is 13.0. The lowest BCUT2D eigenvalue weighted by atomic mass is 9.98. The van der Waals surface area contributed by atoms with E-state index in [1.54, 1.807) is 35.2 Å². The van der Waals surface area contributed by atoms with E-state index < -0.39 is 15.9 Å². The van der Waals surface area contributed by atoms with Gasteiger partial charge < -0.3 is 4.90 Å². The van der Waals surface area contributed by atoms with Crippen LogP contribution in [0.15, 0.2) is 59.5 Å². The van der Waals surface area contributed by atoms with Crippen molar-refractivity contribution in [2.45, 2.75) is 17.7 Å². The van der Waals surface area contributed by atoms with Gasteiger partial charge in [-0.1, -0.05) is 41.7 Å². The van der Waals surface area contributed by atoms with E-state index in [4.69, 9.17) is 4.98 Å². The molecule has 1 fully saturated rings. The molecule has 2 aromatic carbocycles. The average Bonchev–Trinajstić information content (AvgIpc) is 3.23. The van der Waals surface area contributed by atoms with Crippen LogP contribution in [0.25, 0.3) is 10.2 Å². The molecular weight excluding hydrogens is 444 g/mol. The fourth-order valence-electron chi connectivity index (χ4n) is 3.90. The van der Waals surface area contributed by atoms with Gasteiger partial charge in [0.2, 0.25) is 15.9 Å². The average molecular weight is 473 g/mol. The highest BCUT2D eigenvalue weighted by atomic mass is 32.2. The molecule has 0 saturated carbocycles. The molecule has 32 heavy (non-hydrogen) atoms. The maximum atomic E-state index is 13.6. The van der Waals surface area contributed by atoms with Crippen LogP contribution in [0, 0.1) is 5.92 Å². The zero-order chi connectivity index (χ0) is 22.7. The minimum Gasteiger partial charge on any atom is -0.308 e. The minimum absolute atomic E-state index is 0.0566. The summed E-state index contributed by atoms with van der Waals surface area (Å²) in [5.74, 6) is -0.449. The number of likely N-dealkylation sites (N-methyl/N-ethyl adjacent to an activating group) is 1. The second-order valence-corrected chi connectivity index (χ2v) is 11.2. The van der Waals surface area contributed by atoms with Gasteiger partial charge in [0.25, 0.3) is 0 Å². The SMILES string of the molecule is CN(C)CCN(C(=O)C1CCCN(S(=O)(=O)c2ccccc2)C1)c1nc2ccccc2s1. The summed E-state index contributed by atoms with van der Waals surface area (Å²) < 4.78 is 28.7. The number of hydrogen-bond acceptors (Lipinski definition) is 6. The molecule has 1 atom stereocenters. The number of para-hydroxylation sites is 1. The lowest BCUT2D eigenvalue weighted by molar-refractivity contribution is -0.123. The number of thiazole rings is 1. The molecule has 0 spiro atoms. The second-order valence-electron chi connectivity index (χ2n) is 8.27. The van der Waals surface area contributed by atoms with E-state index >= 15 is 0 Å². The third-order valence-electron chi connectivity index (χ3n) is 5.66. The van der Waals surface area contributed by atoms with Gasteiger partial charge in [-0.15, -0.1) is 0 Å². The highest BCUT2D eigenvalue weighted by Crippen LogP contribution is 2.31. The number of carbonyl (C=O) groups excluding carboxylic acids is 1. The third kappa shape index (κ3) is 4.85. The summed E-state index contributed by atoms with van der Waals surface area (Å²) in [6.07, 6.45) is 1.33. The normalized spacial score (nSPS) is 17.7. The summed E-state index contributed by atoms with van der Waals surface area (Å²) in [6.45, 7) is 1.83. The van der Waals surface area contributed by atoms with Crippen LogP contribution < -0.4 is 4.90 Å². The lowest BCUT2D eigenvalue weighted by Crippen LogP contribution is -2.48. The quantitative estimate of drug-likeness (QED) is 0.528. The Morgan fingerprint density at radius 2 is 1.81 bits per heavy atom. The zero-order valence-corrected chi connectivity index (χ0v) is 20.0. The number of aromatic nitrogens is 1. The lowest BCUT2D eigenvalue weighted by Gasteiger charge is -2.34. The van der Waals surface area contributed by atoms with Crippen LogP contribution in [0.5, 0.6) is 0 Å². The van der Waals surface area contributed by atoms with Gasteiger partial charge in [0, 0.05) is 26.2 Å². The number of benzene rings is 2. The smallest absolute Gasteiger partial charge is 0.243 e. The van der Waals surface area contributed by atoms with Crippen LogP contribution in [0.2, 0.25) is 0 Å². The van der Waals surface area contributed by atoms with Crippen LogP contribution in [0.4, 0.5) is 5.13 Å². The van der Waals surface area contributed by atoms with Crippen molar-refractivity contribution in [2.75, 3.05) is 45.2 Å². The molecule has 170 valence electrons. The largest absolute Gasteiger partial charge is 0.308 e. The van der Waals surface area contributed by atoms with Gasteiger partial charge in [-0.3, -0.25) is 9.69 Å². The Bertz CT molecular complexity index is 1150. The molecule has 0 N–H and O–H groups in total. The van der Waals surface area contributed by atoms with Gasteiger partial charge in [0.05, 0.1) is 21.0 Å². The summed E-state index contributed by atoms with van der Waals surface area (Å²) >= 11 is 1.50. The van der Waals surface area contributed by atoms with Crippen molar-refractivity contribution in [1.82, 2.24) is 14.2 Å². The summed E-state index contributed by atoms with van der Waals surface area (Å²) in [5.41, 5.74) is 0.868. The molecule has 1 aliphatic rings. The van der Waals surface area contributed by atoms with E-state index in [0.717, 1.165) is 10.2 Å². The van der Waals surface area contributed by atoms with E-state index in [-0.39, 0.29) is 17.3 Å². The van der Waals surface area contributed by atoms with Gasteiger partial charge in [0.1, 0.15) is 0 Å². The highest BCUT2D eigenvalue weighted by Gasteiger charge is 2.36. The first-order valence-electron chi connectivity index (χ1n) is 10.7. The number of hydrogen-bond donors (Lipinski definition) is 0. The van der Waals surface area contributed by atoms with Gasteiger partial charge in [-0.25, -0.2) is 13.4 Å².